The zero-order chi connectivity index (χ0) is 21.8. The molecule has 0 radical (unpaired) electrons. The highest BCUT2D eigenvalue weighted by Gasteiger charge is 2.43. The van der Waals surface area contributed by atoms with Crippen LogP contribution < -0.4 is 15.0 Å². The normalized spacial score (nSPS) is 21.4. The Morgan fingerprint density at radius 1 is 1.16 bits per heavy atom. The lowest BCUT2D eigenvalue weighted by atomic mass is 9.95. The number of anilines is 1. The molecule has 0 unspecified atom stereocenters. The second-order valence-corrected chi connectivity index (χ2v) is 7.28. The van der Waals surface area contributed by atoms with Gasteiger partial charge in [-0.3, -0.25) is 14.9 Å². The Balaban J connectivity index is 1.52. The molecule has 9 nitrogen and oxygen atoms in total. The quantitative estimate of drug-likeness (QED) is 0.575. The summed E-state index contributed by atoms with van der Waals surface area (Å²) in [5.41, 5.74) is 1.04. The summed E-state index contributed by atoms with van der Waals surface area (Å²) in [6.45, 7) is 4.69. The fraction of sp³-hybridized carbons (Fsp3) is 0.409. The number of carbonyl (C=O) groups is 2. The van der Waals surface area contributed by atoms with E-state index in [4.69, 9.17) is 13.9 Å². The summed E-state index contributed by atoms with van der Waals surface area (Å²) in [4.78, 5) is 34.2. The Morgan fingerprint density at radius 3 is 2.58 bits per heavy atom. The number of benzene rings is 1. The summed E-state index contributed by atoms with van der Waals surface area (Å²) in [6, 6.07) is 10.6. The van der Waals surface area contributed by atoms with Crippen LogP contribution in [-0.4, -0.2) is 62.6 Å². The highest BCUT2D eigenvalue weighted by Crippen LogP contribution is 2.32. The summed E-state index contributed by atoms with van der Waals surface area (Å²) in [6.07, 6.45) is 1.51. The van der Waals surface area contributed by atoms with Crippen molar-refractivity contribution in [2.24, 2.45) is 10.9 Å². The van der Waals surface area contributed by atoms with Gasteiger partial charge in [0.25, 0.3) is 0 Å². The van der Waals surface area contributed by atoms with Gasteiger partial charge in [0.05, 0.1) is 25.7 Å². The van der Waals surface area contributed by atoms with Crippen molar-refractivity contribution in [1.82, 2.24) is 10.2 Å². The minimum absolute atomic E-state index is 0.189. The summed E-state index contributed by atoms with van der Waals surface area (Å²) in [5.74, 6) is -0.383. The standard InChI is InChI=1S/C22H26N4O5/c1-3-30-21(28)18-19(17-9-6-14-31-17)23-22(24-20(18)27)26-12-10-25(11-13-26)15-7-4-5-8-16(15)29-2/h4-9,14,18-19H,3,10-13H2,1-2H3,(H,23,24,27)/t18-,19+/m0/s1. The summed E-state index contributed by atoms with van der Waals surface area (Å²) >= 11 is 0. The number of amides is 1. The van der Waals surface area contributed by atoms with Crippen LogP contribution in [0.1, 0.15) is 18.7 Å². The number of carbonyl (C=O) groups excluding carboxylic acids is 2. The fourth-order valence-electron chi connectivity index (χ4n) is 3.94. The lowest BCUT2D eigenvalue weighted by Gasteiger charge is -2.39. The van der Waals surface area contributed by atoms with Gasteiger partial charge in [0, 0.05) is 26.2 Å². The number of ether oxygens (including phenoxy) is 2. The summed E-state index contributed by atoms with van der Waals surface area (Å²) in [5, 5.41) is 2.80. The average Bonchev–Trinajstić information content (AvgIpc) is 3.33. The van der Waals surface area contributed by atoms with Crippen LogP contribution >= 0.6 is 0 Å². The number of nitrogens with one attached hydrogen (secondary N) is 1. The van der Waals surface area contributed by atoms with Crippen molar-refractivity contribution in [3.8, 4) is 5.75 Å². The van der Waals surface area contributed by atoms with Crippen LogP contribution in [0.3, 0.4) is 0 Å². The Kier molecular flexibility index (Phi) is 6.11. The molecule has 31 heavy (non-hydrogen) atoms. The molecule has 9 heteroatoms. The molecule has 1 amide bonds. The Morgan fingerprint density at radius 2 is 1.90 bits per heavy atom. The Bertz CT molecular complexity index is 951. The first-order valence-electron chi connectivity index (χ1n) is 10.3. The first-order valence-corrected chi connectivity index (χ1v) is 10.3. The molecule has 4 rings (SSSR count). The SMILES string of the molecule is CCOC(=O)[C@@H]1C(=O)NC(N2CCN(c3ccccc3OC)CC2)=N[C@@H]1c1ccco1. The molecule has 2 aromatic rings. The molecule has 2 aliphatic heterocycles. The maximum Gasteiger partial charge on any atom is 0.321 e. The molecule has 0 bridgehead atoms. The summed E-state index contributed by atoms with van der Waals surface area (Å²) in [7, 11) is 1.66. The predicted molar refractivity (Wildman–Crippen MR) is 114 cm³/mol. The van der Waals surface area contributed by atoms with E-state index in [1.807, 2.05) is 29.2 Å². The van der Waals surface area contributed by atoms with Crippen molar-refractivity contribution in [2.75, 3.05) is 44.8 Å². The van der Waals surface area contributed by atoms with Crippen molar-refractivity contribution in [2.45, 2.75) is 13.0 Å². The van der Waals surface area contributed by atoms with E-state index in [0.717, 1.165) is 24.5 Å². The van der Waals surface area contributed by atoms with E-state index in [9.17, 15) is 9.59 Å². The van der Waals surface area contributed by atoms with Gasteiger partial charge in [-0.1, -0.05) is 12.1 Å². The van der Waals surface area contributed by atoms with Gasteiger partial charge in [-0.15, -0.1) is 0 Å². The number of furan rings is 1. The molecule has 1 aromatic heterocycles. The van der Waals surface area contributed by atoms with Gasteiger partial charge in [-0.2, -0.15) is 0 Å². The van der Waals surface area contributed by atoms with E-state index in [0.29, 0.717) is 24.8 Å². The third-order valence-corrected chi connectivity index (χ3v) is 5.47. The number of guanidine groups is 1. The first-order chi connectivity index (χ1) is 15.1. The molecule has 0 aliphatic carbocycles. The molecule has 2 aliphatic rings. The van der Waals surface area contributed by atoms with Crippen molar-refractivity contribution < 1.29 is 23.5 Å². The van der Waals surface area contributed by atoms with Crippen molar-refractivity contribution in [3.05, 3.63) is 48.4 Å². The molecular formula is C22H26N4O5. The molecule has 0 spiro atoms. The van der Waals surface area contributed by atoms with Crippen molar-refractivity contribution >= 4 is 23.5 Å². The maximum atomic E-state index is 12.9. The fourth-order valence-corrected chi connectivity index (χ4v) is 3.94. The maximum absolute atomic E-state index is 12.9. The van der Waals surface area contributed by atoms with E-state index in [1.165, 1.54) is 6.26 Å². The lowest BCUT2D eigenvalue weighted by molar-refractivity contribution is -0.153. The highest BCUT2D eigenvalue weighted by atomic mass is 16.5. The highest BCUT2D eigenvalue weighted by molar-refractivity contribution is 6.08. The number of rotatable bonds is 5. The number of nitrogens with zero attached hydrogens (tertiary/aromatic N) is 3. The molecular weight excluding hydrogens is 400 g/mol. The number of esters is 1. The Hall–Kier alpha value is -3.49. The van der Waals surface area contributed by atoms with Crippen LogP contribution in [0.15, 0.2) is 52.1 Å². The first kappa shape index (κ1) is 20.8. The van der Waals surface area contributed by atoms with E-state index in [-0.39, 0.29) is 6.61 Å². The number of hydrogen-bond acceptors (Lipinski definition) is 8. The second-order valence-electron chi connectivity index (χ2n) is 7.28. The number of piperazine rings is 1. The molecule has 164 valence electrons. The van der Waals surface area contributed by atoms with Crippen LogP contribution in [0, 0.1) is 5.92 Å². The van der Waals surface area contributed by atoms with Crippen molar-refractivity contribution in [3.63, 3.8) is 0 Å². The van der Waals surface area contributed by atoms with Gasteiger partial charge in [-0.05, 0) is 31.2 Å². The zero-order valence-corrected chi connectivity index (χ0v) is 17.6. The number of aliphatic imine (C=N–C) groups is 1. The molecule has 3 heterocycles. The zero-order valence-electron chi connectivity index (χ0n) is 17.6. The molecule has 1 saturated heterocycles. The van der Waals surface area contributed by atoms with Gasteiger partial charge in [0.2, 0.25) is 11.9 Å². The molecule has 1 aromatic carbocycles. The minimum Gasteiger partial charge on any atom is -0.495 e. The molecule has 2 atom stereocenters. The molecule has 0 saturated carbocycles. The van der Waals surface area contributed by atoms with Crippen LogP contribution in [0.25, 0.3) is 0 Å². The monoisotopic (exact) mass is 426 g/mol. The molecule has 1 fully saturated rings. The lowest BCUT2D eigenvalue weighted by Crippen LogP contribution is -2.57. The smallest absolute Gasteiger partial charge is 0.321 e. The van der Waals surface area contributed by atoms with Gasteiger partial charge >= 0.3 is 5.97 Å². The number of methoxy groups -OCH3 is 1. The van der Waals surface area contributed by atoms with Gasteiger partial charge in [0.15, 0.2) is 5.92 Å². The minimum atomic E-state index is -1.08. The molecule has 1 N–H and O–H groups in total. The van der Waals surface area contributed by atoms with Crippen molar-refractivity contribution in [1.29, 1.82) is 0 Å². The van der Waals surface area contributed by atoms with Crippen LogP contribution in [0.5, 0.6) is 5.75 Å². The van der Waals surface area contributed by atoms with E-state index in [1.54, 1.807) is 26.2 Å². The van der Waals surface area contributed by atoms with Gasteiger partial charge in [0.1, 0.15) is 17.6 Å². The van der Waals surface area contributed by atoms with Gasteiger partial charge in [-0.25, -0.2) is 4.99 Å². The number of para-hydroxylation sites is 2. The van der Waals surface area contributed by atoms with Gasteiger partial charge < -0.3 is 23.7 Å². The largest absolute Gasteiger partial charge is 0.495 e. The topological polar surface area (TPSA) is 96.6 Å². The van der Waals surface area contributed by atoms with Crippen LogP contribution in [0.4, 0.5) is 5.69 Å². The van der Waals surface area contributed by atoms with Crippen LogP contribution in [0.2, 0.25) is 0 Å². The summed E-state index contributed by atoms with van der Waals surface area (Å²) < 4.78 is 16.1. The van der Waals surface area contributed by atoms with E-state index in [2.05, 4.69) is 15.2 Å². The van der Waals surface area contributed by atoms with E-state index >= 15 is 0 Å². The third-order valence-electron chi connectivity index (χ3n) is 5.47. The average molecular weight is 426 g/mol. The van der Waals surface area contributed by atoms with Crippen LogP contribution in [-0.2, 0) is 14.3 Å². The second kappa shape index (κ2) is 9.11. The van der Waals surface area contributed by atoms with E-state index < -0.39 is 23.8 Å². The predicted octanol–water partition coefficient (Wildman–Crippen LogP) is 1.82. The Labute approximate surface area is 180 Å². The number of hydrogen-bond donors (Lipinski definition) is 1. The third kappa shape index (κ3) is 4.21.